The van der Waals surface area contributed by atoms with E-state index in [0.29, 0.717) is 35.7 Å². The molecular weight excluding hydrogens is 600 g/mol. The molecule has 0 aliphatic heterocycles. The Hall–Kier alpha value is -4.40. The van der Waals surface area contributed by atoms with Gasteiger partial charge < -0.3 is 24.3 Å². The molecule has 0 radical (unpaired) electrons. The van der Waals surface area contributed by atoms with Gasteiger partial charge in [0.05, 0.1) is 31.3 Å². The second-order valence-electron chi connectivity index (χ2n) is 10.9. The van der Waals surface area contributed by atoms with Gasteiger partial charge >= 0.3 is 5.97 Å². The van der Waals surface area contributed by atoms with E-state index in [2.05, 4.69) is 24.7 Å². The molecule has 4 rings (SSSR count). The van der Waals surface area contributed by atoms with Crippen LogP contribution in [0.25, 0.3) is 11.3 Å². The highest BCUT2D eigenvalue weighted by atomic mass is 32.2. The number of aromatic carboxylic acids is 1. The Bertz CT molecular complexity index is 1800. The lowest BCUT2D eigenvalue weighted by Crippen LogP contribution is -2.22. The summed E-state index contributed by atoms with van der Waals surface area (Å²) in [7, 11) is -2.84. The Labute approximate surface area is 262 Å². The minimum absolute atomic E-state index is 0.0285. The van der Waals surface area contributed by atoms with Crippen LogP contribution in [0.5, 0.6) is 5.88 Å². The number of carboxylic acid groups (broad SMARTS) is 1. The van der Waals surface area contributed by atoms with Gasteiger partial charge in [-0.2, -0.15) is 0 Å². The maximum Gasteiger partial charge on any atom is 0.354 e. The first kappa shape index (κ1) is 33.5. The van der Waals surface area contributed by atoms with Gasteiger partial charge in [-0.1, -0.05) is 25.1 Å². The van der Waals surface area contributed by atoms with Crippen LogP contribution in [0.15, 0.2) is 47.6 Å². The van der Waals surface area contributed by atoms with Gasteiger partial charge in [0.15, 0.2) is 5.69 Å². The van der Waals surface area contributed by atoms with E-state index in [0.717, 1.165) is 12.0 Å². The summed E-state index contributed by atoms with van der Waals surface area (Å²) in [6.07, 6.45) is 4.16. The summed E-state index contributed by atoms with van der Waals surface area (Å²) in [6, 6.07) is 8.32. The summed E-state index contributed by atoms with van der Waals surface area (Å²) in [4.78, 5) is 29.6. The first-order valence-corrected chi connectivity index (χ1v) is 15.9. The van der Waals surface area contributed by atoms with Crippen LogP contribution in [-0.4, -0.2) is 62.8 Å². The maximum atomic E-state index is 13.7. The lowest BCUT2D eigenvalue weighted by molar-refractivity contribution is 0.0602. The van der Waals surface area contributed by atoms with Crippen molar-refractivity contribution >= 4 is 21.8 Å². The monoisotopic (exact) mass is 638 g/mol. The molecule has 0 saturated heterocycles. The van der Waals surface area contributed by atoms with Gasteiger partial charge in [-0.15, -0.1) is 0 Å². The minimum Gasteiger partial charge on any atom is -0.478 e. The first-order valence-electron chi connectivity index (χ1n) is 14.4. The maximum absolute atomic E-state index is 13.7. The second kappa shape index (κ2) is 13.7. The number of pyridine rings is 1. The summed E-state index contributed by atoms with van der Waals surface area (Å²) in [5.41, 5.74) is 1.19. The number of hydrogen-bond acceptors (Lipinski definition) is 10. The zero-order valence-electron chi connectivity index (χ0n) is 26.2. The predicted octanol–water partition coefficient (Wildman–Crippen LogP) is 4.32. The number of nitrogens with one attached hydrogen (secondary N) is 1. The van der Waals surface area contributed by atoms with Crippen molar-refractivity contribution in [2.75, 3.05) is 18.4 Å². The highest BCUT2D eigenvalue weighted by molar-refractivity contribution is 7.92. The van der Waals surface area contributed by atoms with E-state index in [4.69, 9.17) is 9.47 Å². The zero-order valence-corrected chi connectivity index (χ0v) is 27.0. The van der Waals surface area contributed by atoms with Crippen molar-refractivity contribution in [2.45, 2.75) is 71.1 Å². The van der Waals surface area contributed by atoms with Gasteiger partial charge in [-0.3, -0.25) is 9.71 Å². The number of aromatic nitrogens is 5. The van der Waals surface area contributed by atoms with Crippen molar-refractivity contribution in [2.24, 2.45) is 0 Å². The number of carbonyl (C=O) groups is 1. The van der Waals surface area contributed by atoms with E-state index in [1.54, 1.807) is 23.6 Å². The van der Waals surface area contributed by atoms with Crippen LogP contribution in [0.1, 0.15) is 72.9 Å². The van der Waals surface area contributed by atoms with Gasteiger partial charge in [0.1, 0.15) is 22.0 Å². The average Bonchev–Trinajstić information content (AvgIpc) is 3.36. The average molecular weight is 639 g/mol. The fraction of sp³-hybridized carbons (Fsp3) is 0.387. The summed E-state index contributed by atoms with van der Waals surface area (Å²) in [5, 5.41) is 20.8. The van der Waals surface area contributed by atoms with E-state index >= 15 is 0 Å². The quantitative estimate of drug-likeness (QED) is 0.179. The number of aryl methyl sites for hydroxylation is 2. The lowest BCUT2D eigenvalue weighted by Gasteiger charge is -2.18. The molecule has 0 aliphatic carbocycles. The zero-order chi connectivity index (χ0) is 32.9. The Balaban J connectivity index is 1.81. The number of aliphatic hydroxyl groups is 1. The van der Waals surface area contributed by atoms with Gasteiger partial charge in [-0.25, -0.2) is 28.2 Å². The molecule has 3 heterocycles. The Morgan fingerprint density at radius 1 is 1.13 bits per heavy atom. The smallest absolute Gasteiger partial charge is 0.354 e. The molecule has 0 spiro atoms. The molecular formula is C31H38N6O7S. The molecule has 14 heteroatoms. The molecule has 45 heavy (non-hydrogen) atoms. The molecule has 4 aromatic rings. The number of nitrogens with zero attached hydrogens (tertiary/aromatic N) is 5. The highest BCUT2D eigenvalue weighted by Crippen LogP contribution is 2.32. The Kier molecular flexibility index (Phi) is 10.2. The van der Waals surface area contributed by atoms with Crippen LogP contribution in [0.3, 0.4) is 0 Å². The molecule has 1 aromatic carbocycles. The number of anilines is 1. The van der Waals surface area contributed by atoms with Crippen molar-refractivity contribution in [3.05, 3.63) is 76.8 Å². The molecule has 3 aromatic heterocycles. The largest absolute Gasteiger partial charge is 0.478 e. The Morgan fingerprint density at radius 3 is 2.53 bits per heavy atom. The van der Waals surface area contributed by atoms with E-state index in [-0.39, 0.29) is 46.8 Å². The standard InChI is InChI=1S/C31H38N6O7S/c1-7-10-24-35-27(31(4,5)40)26(30(38)39)37(24)17-20-12-13-22(21(15-20)18-44-8-2)25-23(11-9-14-32-25)45(41,42)36-28-29(43-6)34-19(3)16-33-28/h9,11-16,40H,7-8,10,17-18H2,1-6H3,(H,33,36)(H,38,39). The van der Waals surface area contributed by atoms with Crippen LogP contribution in [0.2, 0.25) is 0 Å². The predicted molar refractivity (Wildman–Crippen MR) is 167 cm³/mol. The number of rotatable bonds is 14. The third kappa shape index (κ3) is 7.47. The lowest BCUT2D eigenvalue weighted by atomic mass is 10.0. The molecule has 0 atom stereocenters. The van der Waals surface area contributed by atoms with Crippen LogP contribution < -0.4 is 9.46 Å². The number of benzene rings is 1. The van der Waals surface area contributed by atoms with Gasteiger partial charge in [-0.05, 0) is 57.4 Å². The van der Waals surface area contributed by atoms with Crippen molar-refractivity contribution in [1.82, 2.24) is 24.5 Å². The SMILES string of the molecule is CCCc1nc(C(C)(C)O)c(C(=O)O)n1Cc1ccc(-c2ncccc2S(=O)(=O)Nc2ncc(C)nc2OC)c(COCC)c1. The van der Waals surface area contributed by atoms with Crippen molar-refractivity contribution in [3.63, 3.8) is 0 Å². The van der Waals surface area contributed by atoms with Crippen molar-refractivity contribution in [3.8, 4) is 17.1 Å². The highest BCUT2D eigenvalue weighted by Gasteiger charge is 2.32. The Morgan fingerprint density at radius 2 is 1.89 bits per heavy atom. The molecule has 0 amide bonds. The molecule has 0 bridgehead atoms. The number of carboxylic acids is 1. The second-order valence-corrected chi connectivity index (χ2v) is 12.5. The van der Waals surface area contributed by atoms with E-state index in [9.17, 15) is 23.4 Å². The minimum atomic E-state index is -4.21. The first-order chi connectivity index (χ1) is 21.3. The number of sulfonamides is 1. The van der Waals surface area contributed by atoms with Gasteiger partial charge in [0.2, 0.25) is 5.82 Å². The van der Waals surface area contributed by atoms with Crippen LogP contribution in [0.4, 0.5) is 5.82 Å². The third-order valence-corrected chi connectivity index (χ3v) is 8.25. The number of imidazole rings is 1. The van der Waals surface area contributed by atoms with Gasteiger partial charge in [0, 0.05) is 31.3 Å². The van der Waals surface area contributed by atoms with Gasteiger partial charge in [0.25, 0.3) is 15.9 Å². The normalized spacial score (nSPS) is 11.9. The topological polar surface area (TPSA) is 179 Å². The van der Waals surface area contributed by atoms with Crippen molar-refractivity contribution in [1.29, 1.82) is 0 Å². The summed E-state index contributed by atoms with van der Waals surface area (Å²) >= 11 is 0. The van der Waals surface area contributed by atoms with Crippen LogP contribution in [0, 0.1) is 6.92 Å². The summed E-state index contributed by atoms with van der Waals surface area (Å²) < 4.78 is 42.4. The van der Waals surface area contributed by atoms with Crippen LogP contribution in [-0.2, 0) is 39.9 Å². The fourth-order valence-electron chi connectivity index (χ4n) is 4.88. The summed E-state index contributed by atoms with van der Waals surface area (Å²) in [5.74, 6) is -0.688. The van der Waals surface area contributed by atoms with Crippen molar-refractivity contribution < 1.29 is 32.9 Å². The molecule has 0 unspecified atom stereocenters. The summed E-state index contributed by atoms with van der Waals surface area (Å²) in [6.45, 7) is 9.24. The number of ether oxygens (including phenoxy) is 2. The van der Waals surface area contributed by atoms with E-state index in [1.807, 2.05) is 19.9 Å². The number of methoxy groups -OCH3 is 1. The fourth-order valence-corrected chi connectivity index (χ4v) is 6.06. The molecule has 0 fully saturated rings. The number of hydrogen-bond donors (Lipinski definition) is 3. The third-order valence-electron chi connectivity index (χ3n) is 6.88. The molecule has 0 saturated carbocycles. The van der Waals surface area contributed by atoms with Crippen LogP contribution >= 0.6 is 0 Å². The molecule has 0 aliphatic rings. The van der Waals surface area contributed by atoms with E-state index < -0.39 is 21.6 Å². The molecule has 13 nitrogen and oxygen atoms in total. The van der Waals surface area contributed by atoms with E-state index in [1.165, 1.54) is 45.5 Å². The molecule has 3 N–H and O–H groups in total. The molecule has 240 valence electrons.